The van der Waals surface area contributed by atoms with Crippen LogP contribution in [-0.4, -0.2) is 40.4 Å². The van der Waals surface area contributed by atoms with Crippen molar-refractivity contribution in [1.82, 2.24) is 20.2 Å². The molecule has 0 radical (unpaired) electrons. The number of benzene rings is 1. The minimum Gasteiger partial charge on any atom is -0.342 e. The van der Waals surface area contributed by atoms with Gasteiger partial charge in [0.1, 0.15) is 0 Å². The van der Waals surface area contributed by atoms with Crippen molar-refractivity contribution in [3.05, 3.63) is 47.8 Å². The molecule has 0 aliphatic carbocycles. The molecule has 1 aromatic heterocycles. The fraction of sp³-hybridized carbons (Fsp3) is 0.500. The Morgan fingerprint density at radius 3 is 2.78 bits per heavy atom. The Labute approximate surface area is 162 Å². The molecule has 1 saturated heterocycles. The first kappa shape index (κ1) is 19.5. The zero-order valence-corrected chi connectivity index (χ0v) is 16.6. The molecule has 0 bridgehead atoms. The van der Waals surface area contributed by atoms with Crippen molar-refractivity contribution in [2.45, 2.75) is 40.2 Å². The standard InChI is InChI=1S/C22H30N4O/c1-16(2)22(27)26-9-5-7-18(15-26)11-23-12-19-13-24-21(25-14-19)20-8-4-6-17(3)10-20/h4,6,8,10,13-14,16,18,23H,5,7,9,11-12,15H2,1-3H3/t18-/m0/s1. The lowest BCUT2D eigenvalue weighted by Gasteiger charge is -2.34. The number of amides is 1. The second-order valence-corrected chi connectivity index (χ2v) is 7.86. The van der Waals surface area contributed by atoms with Gasteiger partial charge >= 0.3 is 0 Å². The Kier molecular flexibility index (Phi) is 6.56. The number of hydrogen-bond donors (Lipinski definition) is 1. The van der Waals surface area contributed by atoms with Gasteiger partial charge in [-0.1, -0.05) is 37.6 Å². The van der Waals surface area contributed by atoms with Crippen molar-refractivity contribution in [3.63, 3.8) is 0 Å². The van der Waals surface area contributed by atoms with Crippen molar-refractivity contribution >= 4 is 5.91 Å². The summed E-state index contributed by atoms with van der Waals surface area (Å²) in [4.78, 5) is 23.2. The van der Waals surface area contributed by atoms with E-state index in [0.29, 0.717) is 5.92 Å². The Morgan fingerprint density at radius 1 is 1.30 bits per heavy atom. The van der Waals surface area contributed by atoms with E-state index in [1.165, 1.54) is 12.0 Å². The van der Waals surface area contributed by atoms with E-state index < -0.39 is 0 Å². The number of piperidine rings is 1. The highest BCUT2D eigenvalue weighted by atomic mass is 16.2. The van der Waals surface area contributed by atoms with Gasteiger partial charge in [0.15, 0.2) is 5.82 Å². The average Bonchev–Trinajstić information content (AvgIpc) is 2.68. The number of rotatable bonds is 6. The third kappa shape index (κ3) is 5.36. The Morgan fingerprint density at radius 2 is 2.07 bits per heavy atom. The van der Waals surface area contributed by atoms with Crippen LogP contribution in [0.2, 0.25) is 0 Å². The molecule has 5 nitrogen and oxygen atoms in total. The van der Waals surface area contributed by atoms with Gasteiger partial charge in [-0.3, -0.25) is 4.79 Å². The van der Waals surface area contributed by atoms with Crippen molar-refractivity contribution in [1.29, 1.82) is 0 Å². The molecule has 3 rings (SSSR count). The highest BCUT2D eigenvalue weighted by Gasteiger charge is 2.24. The molecular weight excluding hydrogens is 336 g/mol. The molecule has 2 aromatic rings. The smallest absolute Gasteiger partial charge is 0.225 e. The molecule has 0 saturated carbocycles. The van der Waals surface area contributed by atoms with Gasteiger partial charge in [-0.25, -0.2) is 9.97 Å². The minimum atomic E-state index is 0.0841. The Hall–Kier alpha value is -2.27. The summed E-state index contributed by atoms with van der Waals surface area (Å²) in [5.41, 5.74) is 3.34. The first-order valence-corrected chi connectivity index (χ1v) is 9.90. The maximum absolute atomic E-state index is 12.2. The number of hydrogen-bond acceptors (Lipinski definition) is 4. The molecular formula is C22H30N4O. The van der Waals surface area contributed by atoms with Gasteiger partial charge in [-0.2, -0.15) is 0 Å². The number of nitrogens with one attached hydrogen (secondary N) is 1. The number of carbonyl (C=O) groups is 1. The Balaban J connectivity index is 1.48. The first-order valence-electron chi connectivity index (χ1n) is 9.90. The summed E-state index contributed by atoms with van der Waals surface area (Å²) in [6.07, 6.45) is 6.07. The van der Waals surface area contributed by atoms with E-state index in [9.17, 15) is 4.79 Å². The van der Waals surface area contributed by atoms with Crippen molar-refractivity contribution in [2.75, 3.05) is 19.6 Å². The van der Waals surface area contributed by atoms with Gasteiger partial charge < -0.3 is 10.2 Å². The summed E-state index contributed by atoms with van der Waals surface area (Å²) in [6, 6.07) is 8.23. The Bertz CT molecular complexity index is 757. The highest BCUT2D eigenvalue weighted by Crippen LogP contribution is 2.18. The molecule has 1 N–H and O–H groups in total. The van der Waals surface area contributed by atoms with E-state index in [0.717, 1.165) is 49.6 Å². The van der Waals surface area contributed by atoms with Crippen LogP contribution >= 0.6 is 0 Å². The summed E-state index contributed by atoms with van der Waals surface area (Å²) in [7, 11) is 0. The number of likely N-dealkylation sites (tertiary alicyclic amines) is 1. The van der Waals surface area contributed by atoms with Crippen LogP contribution in [0.4, 0.5) is 0 Å². The number of nitrogens with zero attached hydrogens (tertiary/aromatic N) is 3. The van der Waals surface area contributed by atoms with E-state index >= 15 is 0 Å². The van der Waals surface area contributed by atoms with E-state index in [4.69, 9.17) is 0 Å². The van der Waals surface area contributed by atoms with Gasteiger partial charge in [0, 0.05) is 49.1 Å². The fourth-order valence-electron chi connectivity index (χ4n) is 3.60. The highest BCUT2D eigenvalue weighted by molar-refractivity contribution is 5.78. The SMILES string of the molecule is Cc1cccc(-c2ncc(CNC[C@@H]3CCCN(C(=O)C(C)C)C3)cn2)c1. The second kappa shape index (κ2) is 9.09. The maximum Gasteiger partial charge on any atom is 0.225 e. The van der Waals surface area contributed by atoms with Crippen LogP contribution in [0.25, 0.3) is 11.4 Å². The van der Waals surface area contributed by atoms with Crippen LogP contribution in [0.5, 0.6) is 0 Å². The molecule has 1 amide bonds. The molecule has 144 valence electrons. The molecule has 2 heterocycles. The summed E-state index contributed by atoms with van der Waals surface area (Å²) in [6.45, 7) is 9.47. The third-order valence-electron chi connectivity index (χ3n) is 5.07. The summed E-state index contributed by atoms with van der Waals surface area (Å²) in [5.74, 6) is 1.65. The maximum atomic E-state index is 12.2. The molecule has 1 fully saturated rings. The monoisotopic (exact) mass is 366 g/mol. The van der Waals surface area contributed by atoms with Crippen molar-refractivity contribution < 1.29 is 4.79 Å². The van der Waals surface area contributed by atoms with Crippen molar-refractivity contribution in [2.24, 2.45) is 11.8 Å². The van der Waals surface area contributed by atoms with Crippen LogP contribution in [-0.2, 0) is 11.3 Å². The van der Waals surface area contributed by atoms with Crippen molar-refractivity contribution in [3.8, 4) is 11.4 Å². The van der Waals surface area contributed by atoms with Gasteiger partial charge in [0.25, 0.3) is 0 Å². The normalized spacial score (nSPS) is 17.3. The predicted molar refractivity (Wildman–Crippen MR) is 108 cm³/mol. The largest absolute Gasteiger partial charge is 0.342 e. The summed E-state index contributed by atoms with van der Waals surface area (Å²) in [5, 5.41) is 3.51. The van der Waals surface area contributed by atoms with Gasteiger partial charge in [0.2, 0.25) is 5.91 Å². The van der Waals surface area contributed by atoms with Gasteiger partial charge in [0.05, 0.1) is 0 Å². The minimum absolute atomic E-state index is 0.0841. The molecule has 1 aliphatic rings. The van der Waals surface area contributed by atoms with Crippen LogP contribution in [0.3, 0.4) is 0 Å². The lowest BCUT2D eigenvalue weighted by molar-refractivity contribution is -0.136. The zero-order chi connectivity index (χ0) is 19.2. The lowest BCUT2D eigenvalue weighted by atomic mass is 9.97. The second-order valence-electron chi connectivity index (χ2n) is 7.86. The van der Waals surface area contributed by atoms with Gasteiger partial charge in [-0.15, -0.1) is 0 Å². The third-order valence-corrected chi connectivity index (χ3v) is 5.07. The topological polar surface area (TPSA) is 58.1 Å². The predicted octanol–water partition coefficient (Wildman–Crippen LogP) is 3.44. The van der Waals surface area contributed by atoms with E-state index in [1.807, 2.05) is 43.3 Å². The van der Waals surface area contributed by atoms with E-state index in [-0.39, 0.29) is 11.8 Å². The van der Waals surface area contributed by atoms with E-state index in [1.54, 1.807) is 0 Å². The van der Waals surface area contributed by atoms with E-state index in [2.05, 4.69) is 34.3 Å². The molecule has 1 atom stereocenters. The number of aryl methyl sites for hydroxylation is 1. The average molecular weight is 367 g/mol. The van der Waals surface area contributed by atoms with Crippen LogP contribution in [0, 0.1) is 18.8 Å². The summed E-state index contributed by atoms with van der Waals surface area (Å²) < 4.78 is 0. The van der Waals surface area contributed by atoms with Gasteiger partial charge in [-0.05, 0) is 38.3 Å². The van der Waals surface area contributed by atoms with Crippen LogP contribution in [0.15, 0.2) is 36.7 Å². The molecule has 27 heavy (non-hydrogen) atoms. The number of carbonyl (C=O) groups excluding carboxylic acids is 1. The molecule has 5 heteroatoms. The fourth-order valence-corrected chi connectivity index (χ4v) is 3.60. The lowest BCUT2D eigenvalue weighted by Crippen LogP contribution is -2.44. The summed E-state index contributed by atoms with van der Waals surface area (Å²) >= 11 is 0. The molecule has 1 aliphatic heterocycles. The molecule has 0 unspecified atom stereocenters. The number of aromatic nitrogens is 2. The quantitative estimate of drug-likeness (QED) is 0.851. The zero-order valence-electron chi connectivity index (χ0n) is 16.6. The molecule has 1 aromatic carbocycles. The van der Waals surface area contributed by atoms with Crippen LogP contribution < -0.4 is 5.32 Å². The first-order chi connectivity index (χ1) is 13.0. The van der Waals surface area contributed by atoms with Crippen LogP contribution in [0.1, 0.15) is 37.8 Å². The molecule has 0 spiro atoms.